The zero-order chi connectivity index (χ0) is 28.4. The maximum Gasteiger partial charge on any atom is 0.303 e. The van der Waals surface area contributed by atoms with Crippen LogP contribution in [0.5, 0.6) is 5.75 Å². The lowest BCUT2D eigenvalue weighted by atomic mass is 10.0. The summed E-state index contributed by atoms with van der Waals surface area (Å²) in [6, 6.07) is 6.99. The van der Waals surface area contributed by atoms with Gasteiger partial charge in [-0.15, -0.1) is 0 Å². The van der Waals surface area contributed by atoms with Crippen molar-refractivity contribution < 1.29 is 35.9 Å². The Morgan fingerprint density at radius 3 is 2.77 bits per heavy atom. The number of hydrogen-bond donors (Lipinski definition) is 1. The molecule has 4 heterocycles. The molecule has 2 aliphatic heterocycles. The first-order valence-electron chi connectivity index (χ1n) is 12.9. The molecule has 3 aromatic rings. The standard InChI is InChI=1S/C26H30F3N5O5S/c1-32(9-8-27)40(36,37)31-26(35)23-14-30-25-5-3-19(16-34(23)25)33-15-18(29)13-22(33)21-12-17(28)2-4-24(21)39-20-6-10-38-11-7-20/h2-5,12,14,16,18,20,22H,6-11,13,15H2,1H3,(H,31,35)/t18-,22+/m0/s1. The Morgan fingerprint density at radius 2 is 2.02 bits per heavy atom. The number of hydrogen-bond acceptors (Lipinski definition) is 7. The molecule has 1 N–H and O–H groups in total. The Kier molecular flexibility index (Phi) is 8.19. The topological polar surface area (TPSA) is 105 Å². The lowest BCUT2D eigenvalue weighted by molar-refractivity contribution is 0.0250. The average Bonchev–Trinajstić information content (AvgIpc) is 3.53. The highest BCUT2D eigenvalue weighted by Crippen LogP contribution is 2.42. The van der Waals surface area contributed by atoms with E-state index in [1.807, 2.05) is 4.72 Å². The maximum absolute atomic E-state index is 14.9. The predicted octanol–water partition coefficient (Wildman–Crippen LogP) is 3.20. The fraction of sp³-hybridized carbons (Fsp3) is 0.462. The molecule has 2 saturated heterocycles. The summed E-state index contributed by atoms with van der Waals surface area (Å²) < 4.78 is 82.3. The molecule has 216 valence electrons. The molecule has 0 radical (unpaired) electrons. The summed E-state index contributed by atoms with van der Waals surface area (Å²) >= 11 is 0. The number of alkyl halides is 2. The van der Waals surface area contributed by atoms with Crippen LogP contribution in [0.3, 0.4) is 0 Å². The van der Waals surface area contributed by atoms with Crippen molar-refractivity contribution in [2.24, 2.45) is 0 Å². The summed E-state index contributed by atoms with van der Waals surface area (Å²) in [5.41, 5.74) is 1.29. The molecule has 2 aliphatic rings. The SMILES string of the molecule is CN(CCF)S(=O)(=O)NC(=O)c1cnc2ccc(N3C[C@@H](F)C[C@@H]3c3cc(F)ccc3OC3CCOCC3)cn12. The first kappa shape index (κ1) is 28.2. The van der Waals surface area contributed by atoms with Crippen LogP contribution in [0, 0.1) is 5.82 Å². The molecule has 2 fully saturated rings. The van der Waals surface area contributed by atoms with Gasteiger partial charge in [0, 0.05) is 51.2 Å². The molecule has 0 aliphatic carbocycles. The van der Waals surface area contributed by atoms with Crippen LogP contribution >= 0.6 is 0 Å². The number of pyridine rings is 1. The van der Waals surface area contributed by atoms with E-state index in [-0.39, 0.29) is 24.8 Å². The largest absolute Gasteiger partial charge is 0.490 e. The van der Waals surface area contributed by atoms with Gasteiger partial charge in [-0.3, -0.25) is 9.20 Å². The molecular formula is C26H30F3N5O5S. The van der Waals surface area contributed by atoms with Crippen LogP contribution in [-0.4, -0.2) is 80.3 Å². The Morgan fingerprint density at radius 1 is 1.25 bits per heavy atom. The molecule has 2 aromatic heterocycles. The molecule has 5 rings (SSSR count). The number of halogens is 3. The first-order chi connectivity index (χ1) is 19.2. The van der Waals surface area contributed by atoms with Gasteiger partial charge in [0.15, 0.2) is 0 Å². The molecule has 2 atom stereocenters. The van der Waals surface area contributed by atoms with Crippen LogP contribution in [0.2, 0.25) is 0 Å². The molecular weight excluding hydrogens is 551 g/mol. The van der Waals surface area contributed by atoms with Crippen molar-refractivity contribution in [2.75, 3.05) is 44.9 Å². The van der Waals surface area contributed by atoms with E-state index in [9.17, 15) is 26.4 Å². The monoisotopic (exact) mass is 581 g/mol. The second kappa shape index (κ2) is 11.6. The van der Waals surface area contributed by atoms with Crippen molar-refractivity contribution in [3.8, 4) is 5.75 Å². The molecule has 1 aromatic carbocycles. The molecule has 0 bridgehead atoms. The van der Waals surface area contributed by atoms with E-state index >= 15 is 0 Å². The number of imidazole rings is 1. The number of carbonyl (C=O) groups excluding carboxylic acids is 1. The van der Waals surface area contributed by atoms with Crippen molar-refractivity contribution in [1.82, 2.24) is 18.4 Å². The van der Waals surface area contributed by atoms with Crippen molar-refractivity contribution in [3.05, 3.63) is 59.8 Å². The van der Waals surface area contributed by atoms with Gasteiger partial charge in [-0.2, -0.15) is 12.7 Å². The molecule has 0 unspecified atom stereocenters. The second-order valence-corrected chi connectivity index (χ2v) is 11.6. The maximum atomic E-state index is 14.9. The lowest BCUT2D eigenvalue weighted by Gasteiger charge is -2.30. The summed E-state index contributed by atoms with van der Waals surface area (Å²) in [4.78, 5) is 18.8. The zero-order valence-corrected chi connectivity index (χ0v) is 22.6. The van der Waals surface area contributed by atoms with E-state index in [2.05, 4.69) is 4.98 Å². The van der Waals surface area contributed by atoms with Gasteiger partial charge in [0.05, 0.1) is 31.1 Å². The van der Waals surface area contributed by atoms with Crippen LogP contribution in [0.1, 0.15) is 41.4 Å². The third-order valence-electron chi connectivity index (χ3n) is 7.13. The summed E-state index contributed by atoms with van der Waals surface area (Å²) in [5, 5.41) is 0. The number of aromatic nitrogens is 2. The van der Waals surface area contributed by atoms with Gasteiger partial charge in [0.25, 0.3) is 5.91 Å². The molecule has 10 nitrogen and oxygen atoms in total. The highest BCUT2D eigenvalue weighted by atomic mass is 32.2. The summed E-state index contributed by atoms with van der Waals surface area (Å²) in [5.74, 6) is -0.961. The van der Waals surface area contributed by atoms with Gasteiger partial charge in [-0.1, -0.05) is 0 Å². The highest BCUT2D eigenvalue weighted by Gasteiger charge is 2.36. The van der Waals surface area contributed by atoms with Gasteiger partial charge < -0.3 is 14.4 Å². The van der Waals surface area contributed by atoms with Crippen molar-refractivity contribution >= 4 is 27.5 Å². The number of rotatable bonds is 9. The molecule has 0 spiro atoms. The van der Waals surface area contributed by atoms with Gasteiger partial charge in [-0.25, -0.2) is 22.9 Å². The second-order valence-electron chi connectivity index (χ2n) is 9.82. The molecule has 1 amide bonds. The number of fused-ring (bicyclic) bond motifs is 1. The number of nitrogens with one attached hydrogen (secondary N) is 1. The van der Waals surface area contributed by atoms with E-state index in [4.69, 9.17) is 9.47 Å². The van der Waals surface area contributed by atoms with E-state index < -0.39 is 47.4 Å². The Labute approximate surface area is 229 Å². The average molecular weight is 582 g/mol. The molecule has 0 saturated carbocycles. The van der Waals surface area contributed by atoms with E-state index in [1.165, 1.54) is 22.7 Å². The minimum absolute atomic E-state index is 0.0159. The summed E-state index contributed by atoms with van der Waals surface area (Å²) in [6.45, 7) is -0.178. The van der Waals surface area contributed by atoms with Crippen LogP contribution < -0.4 is 14.4 Å². The van der Waals surface area contributed by atoms with Gasteiger partial charge >= 0.3 is 10.2 Å². The minimum Gasteiger partial charge on any atom is -0.490 e. The smallest absolute Gasteiger partial charge is 0.303 e. The number of carbonyl (C=O) groups is 1. The van der Waals surface area contributed by atoms with E-state index in [0.717, 1.165) is 7.05 Å². The van der Waals surface area contributed by atoms with Crippen LogP contribution in [0.15, 0.2) is 42.7 Å². The fourth-order valence-electron chi connectivity index (χ4n) is 5.02. The third kappa shape index (κ3) is 5.88. The van der Waals surface area contributed by atoms with Crippen molar-refractivity contribution in [2.45, 2.75) is 37.6 Å². The number of ether oxygens (including phenoxy) is 2. The third-order valence-corrected chi connectivity index (χ3v) is 8.58. The highest BCUT2D eigenvalue weighted by molar-refractivity contribution is 7.87. The first-order valence-corrected chi connectivity index (χ1v) is 14.4. The normalized spacial score (nSPS) is 20.4. The van der Waals surface area contributed by atoms with Crippen molar-refractivity contribution in [1.29, 1.82) is 0 Å². The molecule has 14 heteroatoms. The quantitative estimate of drug-likeness (QED) is 0.414. The van der Waals surface area contributed by atoms with E-state index in [1.54, 1.807) is 29.3 Å². The number of anilines is 1. The van der Waals surface area contributed by atoms with Crippen molar-refractivity contribution in [3.63, 3.8) is 0 Å². The minimum atomic E-state index is -4.28. The number of nitrogens with zero attached hydrogens (tertiary/aromatic N) is 4. The van der Waals surface area contributed by atoms with Crippen LogP contribution in [-0.2, 0) is 14.9 Å². The predicted molar refractivity (Wildman–Crippen MR) is 141 cm³/mol. The Hall–Kier alpha value is -3.36. The summed E-state index contributed by atoms with van der Waals surface area (Å²) in [7, 11) is -3.13. The lowest BCUT2D eigenvalue weighted by Crippen LogP contribution is -2.42. The number of amides is 1. The zero-order valence-electron chi connectivity index (χ0n) is 21.8. The van der Waals surface area contributed by atoms with Gasteiger partial charge in [-0.05, 0) is 30.3 Å². The Balaban J connectivity index is 1.45. The van der Waals surface area contributed by atoms with Crippen LogP contribution in [0.4, 0.5) is 18.9 Å². The fourth-order valence-corrected chi connectivity index (χ4v) is 5.82. The Bertz CT molecular complexity index is 1480. The summed E-state index contributed by atoms with van der Waals surface area (Å²) in [6.07, 6.45) is 2.95. The van der Waals surface area contributed by atoms with Crippen LogP contribution in [0.25, 0.3) is 5.65 Å². The number of benzene rings is 1. The molecule has 40 heavy (non-hydrogen) atoms. The van der Waals surface area contributed by atoms with Gasteiger partial charge in [0.2, 0.25) is 0 Å². The van der Waals surface area contributed by atoms with Gasteiger partial charge in [0.1, 0.15) is 41.9 Å². The van der Waals surface area contributed by atoms with E-state index in [0.29, 0.717) is 53.0 Å².